The van der Waals surface area contributed by atoms with Crippen LogP contribution in [0.3, 0.4) is 0 Å². The Morgan fingerprint density at radius 3 is 2.75 bits per heavy atom. The van der Waals surface area contributed by atoms with E-state index in [4.69, 9.17) is 22.1 Å². The van der Waals surface area contributed by atoms with Gasteiger partial charge in [0.1, 0.15) is 5.75 Å². The van der Waals surface area contributed by atoms with Crippen molar-refractivity contribution in [2.24, 2.45) is 0 Å². The molecule has 112 valence electrons. The normalized spacial score (nSPS) is 11.3. The van der Waals surface area contributed by atoms with Crippen molar-refractivity contribution in [1.29, 1.82) is 0 Å². The summed E-state index contributed by atoms with van der Waals surface area (Å²) in [6.45, 7) is 0.342. The van der Waals surface area contributed by atoms with E-state index in [9.17, 15) is 13.2 Å². The van der Waals surface area contributed by atoms with Crippen molar-refractivity contribution in [3.8, 4) is 0 Å². The van der Waals surface area contributed by atoms with E-state index in [1.165, 1.54) is 19.2 Å². The third-order valence-corrected chi connectivity index (χ3v) is 4.39. The molecule has 0 aliphatic heterocycles. The SMILES string of the molecule is COCCCS(=O)(=O)CC(=O)Nc1ccc(Cl)c(N)c1. The lowest BCUT2D eigenvalue weighted by atomic mass is 10.3. The average Bonchev–Trinajstić information content (AvgIpc) is 2.33. The summed E-state index contributed by atoms with van der Waals surface area (Å²) < 4.78 is 28.1. The largest absolute Gasteiger partial charge is 0.397 e. The molecule has 0 aliphatic rings. The number of carbonyl (C=O) groups is 1. The smallest absolute Gasteiger partial charge is 0.239 e. The highest BCUT2D eigenvalue weighted by Crippen LogP contribution is 2.22. The van der Waals surface area contributed by atoms with Gasteiger partial charge in [-0.3, -0.25) is 4.79 Å². The molecule has 0 radical (unpaired) electrons. The number of anilines is 2. The number of rotatable bonds is 7. The van der Waals surface area contributed by atoms with Gasteiger partial charge in [0.15, 0.2) is 9.84 Å². The molecule has 20 heavy (non-hydrogen) atoms. The second-order valence-electron chi connectivity index (χ2n) is 4.22. The third-order valence-electron chi connectivity index (χ3n) is 2.43. The first-order valence-corrected chi connectivity index (χ1v) is 8.08. The predicted molar refractivity (Wildman–Crippen MR) is 79.6 cm³/mol. The maximum atomic E-state index is 11.7. The number of hydrogen-bond acceptors (Lipinski definition) is 5. The number of methoxy groups -OCH3 is 1. The summed E-state index contributed by atoms with van der Waals surface area (Å²) in [4.78, 5) is 11.7. The zero-order valence-electron chi connectivity index (χ0n) is 11.1. The fourth-order valence-electron chi connectivity index (χ4n) is 1.51. The van der Waals surface area contributed by atoms with Crippen molar-refractivity contribution in [2.75, 3.05) is 36.3 Å². The summed E-state index contributed by atoms with van der Waals surface area (Å²) in [7, 11) is -1.95. The first-order valence-electron chi connectivity index (χ1n) is 5.88. The van der Waals surface area contributed by atoms with E-state index in [0.29, 0.717) is 29.4 Å². The van der Waals surface area contributed by atoms with Gasteiger partial charge in [-0.25, -0.2) is 8.42 Å². The Hall–Kier alpha value is -1.31. The predicted octanol–water partition coefficient (Wildman–Crippen LogP) is 1.31. The molecule has 0 bridgehead atoms. The molecule has 0 saturated heterocycles. The van der Waals surface area contributed by atoms with Crippen molar-refractivity contribution in [3.63, 3.8) is 0 Å². The van der Waals surface area contributed by atoms with Crippen LogP contribution in [-0.2, 0) is 19.4 Å². The molecule has 1 amide bonds. The van der Waals surface area contributed by atoms with E-state index < -0.39 is 21.5 Å². The summed E-state index contributed by atoms with van der Waals surface area (Å²) in [5, 5.41) is 2.84. The lowest BCUT2D eigenvalue weighted by molar-refractivity contribution is -0.113. The van der Waals surface area contributed by atoms with Crippen LogP contribution in [0.1, 0.15) is 6.42 Å². The number of halogens is 1. The molecule has 8 heteroatoms. The van der Waals surface area contributed by atoms with Crippen LogP contribution in [0, 0.1) is 0 Å². The summed E-state index contributed by atoms with van der Waals surface area (Å²) in [6, 6.07) is 4.55. The number of amides is 1. The zero-order chi connectivity index (χ0) is 15.2. The van der Waals surface area contributed by atoms with Gasteiger partial charge in [-0.1, -0.05) is 11.6 Å². The zero-order valence-corrected chi connectivity index (χ0v) is 12.6. The maximum Gasteiger partial charge on any atom is 0.239 e. The van der Waals surface area contributed by atoms with Gasteiger partial charge in [0.25, 0.3) is 0 Å². The highest BCUT2D eigenvalue weighted by atomic mass is 35.5. The topological polar surface area (TPSA) is 98.5 Å². The highest BCUT2D eigenvalue weighted by Gasteiger charge is 2.16. The van der Waals surface area contributed by atoms with Crippen molar-refractivity contribution in [3.05, 3.63) is 23.2 Å². The number of hydrogen-bond donors (Lipinski definition) is 2. The number of ether oxygens (including phenoxy) is 1. The molecular formula is C12H17ClN2O4S. The van der Waals surface area contributed by atoms with E-state index in [1.54, 1.807) is 6.07 Å². The van der Waals surface area contributed by atoms with Crippen molar-refractivity contribution in [2.45, 2.75) is 6.42 Å². The van der Waals surface area contributed by atoms with Crippen LogP contribution in [0.15, 0.2) is 18.2 Å². The Balaban J connectivity index is 2.56. The van der Waals surface area contributed by atoms with Crippen molar-refractivity contribution in [1.82, 2.24) is 0 Å². The van der Waals surface area contributed by atoms with Gasteiger partial charge in [0.2, 0.25) is 5.91 Å². The quantitative estimate of drug-likeness (QED) is 0.583. The Morgan fingerprint density at radius 2 is 2.15 bits per heavy atom. The number of nitrogens with one attached hydrogen (secondary N) is 1. The van der Waals surface area contributed by atoms with Gasteiger partial charge in [-0.2, -0.15) is 0 Å². The lowest BCUT2D eigenvalue weighted by Crippen LogP contribution is -2.25. The number of nitrogens with two attached hydrogens (primary N) is 1. The Kier molecular flexibility index (Phi) is 6.25. The Labute approximate surface area is 123 Å². The third kappa shape index (κ3) is 5.77. The van der Waals surface area contributed by atoms with Crippen LogP contribution >= 0.6 is 11.6 Å². The van der Waals surface area contributed by atoms with Gasteiger partial charge in [0, 0.05) is 19.4 Å². The molecule has 0 heterocycles. The van der Waals surface area contributed by atoms with Gasteiger partial charge >= 0.3 is 0 Å². The second kappa shape index (κ2) is 7.47. The molecular weight excluding hydrogens is 304 g/mol. The van der Waals surface area contributed by atoms with Crippen LogP contribution in [-0.4, -0.2) is 39.5 Å². The number of benzene rings is 1. The van der Waals surface area contributed by atoms with Crippen LogP contribution in [0.5, 0.6) is 0 Å². The first-order chi connectivity index (χ1) is 9.34. The Morgan fingerprint density at radius 1 is 1.45 bits per heavy atom. The molecule has 1 aromatic carbocycles. The van der Waals surface area contributed by atoms with Crippen LogP contribution in [0.2, 0.25) is 5.02 Å². The first kappa shape index (κ1) is 16.7. The lowest BCUT2D eigenvalue weighted by Gasteiger charge is -2.07. The average molecular weight is 321 g/mol. The molecule has 6 nitrogen and oxygen atoms in total. The molecule has 0 unspecified atom stereocenters. The van der Waals surface area contributed by atoms with Crippen LogP contribution in [0.25, 0.3) is 0 Å². The van der Waals surface area contributed by atoms with Crippen LogP contribution in [0.4, 0.5) is 11.4 Å². The summed E-state index contributed by atoms with van der Waals surface area (Å²) in [6.07, 6.45) is 0.361. The fraction of sp³-hybridized carbons (Fsp3) is 0.417. The van der Waals surface area contributed by atoms with E-state index in [2.05, 4.69) is 5.32 Å². The molecule has 0 fully saturated rings. The number of carbonyl (C=O) groups excluding carboxylic acids is 1. The second-order valence-corrected chi connectivity index (χ2v) is 6.81. The molecule has 0 saturated carbocycles. The maximum absolute atomic E-state index is 11.7. The number of nitrogen functional groups attached to an aromatic ring is 1. The van der Waals surface area contributed by atoms with Gasteiger partial charge in [0.05, 0.1) is 16.5 Å². The van der Waals surface area contributed by atoms with E-state index in [0.717, 1.165) is 0 Å². The molecule has 1 aromatic rings. The fourth-order valence-corrected chi connectivity index (χ4v) is 2.80. The standard InChI is InChI=1S/C12H17ClN2O4S/c1-19-5-2-6-20(17,18)8-12(16)15-9-3-4-10(13)11(14)7-9/h3-4,7H,2,5-6,8,14H2,1H3,(H,15,16). The summed E-state index contributed by atoms with van der Waals surface area (Å²) >= 11 is 5.75. The highest BCUT2D eigenvalue weighted by molar-refractivity contribution is 7.92. The van der Waals surface area contributed by atoms with Crippen LogP contribution < -0.4 is 11.1 Å². The summed E-state index contributed by atoms with van der Waals surface area (Å²) in [5.41, 5.74) is 6.31. The molecule has 0 aromatic heterocycles. The molecule has 0 atom stereocenters. The van der Waals surface area contributed by atoms with Gasteiger partial charge in [-0.05, 0) is 24.6 Å². The minimum Gasteiger partial charge on any atom is -0.397 e. The minimum atomic E-state index is -3.44. The molecule has 1 rings (SSSR count). The van der Waals surface area contributed by atoms with Gasteiger partial charge in [-0.15, -0.1) is 0 Å². The van der Waals surface area contributed by atoms with E-state index in [1.807, 2.05) is 0 Å². The van der Waals surface area contributed by atoms with E-state index >= 15 is 0 Å². The monoisotopic (exact) mass is 320 g/mol. The molecule has 3 N–H and O–H groups in total. The Bertz CT molecular complexity index is 575. The summed E-state index contributed by atoms with van der Waals surface area (Å²) in [5.74, 6) is -1.26. The van der Waals surface area contributed by atoms with Gasteiger partial charge < -0.3 is 15.8 Å². The minimum absolute atomic E-state index is 0.0863. The van der Waals surface area contributed by atoms with Crippen molar-refractivity contribution < 1.29 is 17.9 Å². The molecule has 0 aliphatic carbocycles. The number of sulfone groups is 1. The van der Waals surface area contributed by atoms with E-state index in [-0.39, 0.29) is 5.75 Å². The molecule has 0 spiro atoms. The van der Waals surface area contributed by atoms with Crippen molar-refractivity contribution >= 4 is 38.7 Å².